The number of para-hydroxylation sites is 1. The maximum absolute atomic E-state index is 11.1. The molecule has 0 amide bonds. The topological polar surface area (TPSA) is 26.9 Å². The molecule has 0 unspecified atom stereocenters. The summed E-state index contributed by atoms with van der Waals surface area (Å²) in [4.78, 5) is 0. The highest BCUT2D eigenvalue weighted by Gasteiger charge is 1.98. The van der Waals surface area contributed by atoms with E-state index in [0.717, 1.165) is 10.1 Å². The Morgan fingerprint density at radius 3 is 2.91 bits per heavy atom. The van der Waals surface area contributed by atoms with Gasteiger partial charge in [-0.15, -0.1) is 0 Å². The molecular weight excluding hydrogens is 138 g/mol. The lowest BCUT2D eigenvalue weighted by Crippen LogP contribution is -2.25. The average molecular weight is 144 g/mol. The number of pyridine rings is 1. The van der Waals surface area contributed by atoms with Gasteiger partial charge >= 0.3 is 0 Å². The lowest BCUT2D eigenvalue weighted by atomic mass is 10.2. The molecule has 0 fully saturated rings. The first-order valence-corrected chi connectivity index (χ1v) is 3.36. The molecule has 0 aliphatic heterocycles. The molecule has 0 spiro atoms. The fourth-order valence-electron chi connectivity index (χ4n) is 1.06. The molecule has 1 heterocycles. The smallest absolute Gasteiger partial charge is 0.224 e. The fourth-order valence-corrected chi connectivity index (χ4v) is 1.06. The van der Waals surface area contributed by atoms with Crippen molar-refractivity contribution >= 4 is 10.9 Å². The van der Waals surface area contributed by atoms with Crippen LogP contribution < -0.4 is 4.73 Å². The zero-order valence-corrected chi connectivity index (χ0v) is 5.82. The Morgan fingerprint density at radius 1 is 1.27 bits per heavy atom. The summed E-state index contributed by atoms with van der Waals surface area (Å²) < 4.78 is 0.839. The van der Waals surface area contributed by atoms with Gasteiger partial charge in [0.15, 0.2) is 6.20 Å². The highest BCUT2D eigenvalue weighted by molar-refractivity contribution is 5.74. The standard InChI is InChI=1S/C9H6NO/c11-10-7-3-5-8-4-1-2-6-9(8)10/h1-4,6-7H. The van der Waals surface area contributed by atoms with Gasteiger partial charge in [0, 0.05) is 18.2 Å². The second-order valence-corrected chi connectivity index (χ2v) is 2.30. The summed E-state index contributed by atoms with van der Waals surface area (Å²) >= 11 is 0. The molecule has 1 aromatic heterocycles. The molecule has 0 atom stereocenters. The maximum Gasteiger partial charge on any atom is 0.224 e. The summed E-state index contributed by atoms with van der Waals surface area (Å²) in [5.41, 5.74) is 0.662. The Labute approximate surface area is 64.3 Å². The molecular formula is C9H6NO. The number of aromatic nitrogens is 1. The first-order valence-electron chi connectivity index (χ1n) is 3.36. The van der Waals surface area contributed by atoms with Crippen molar-refractivity contribution < 1.29 is 4.73 Å². The van der Waals surface area contributed by atoms with Crippen molar-refractivity contribution in [3.05, 3.63) is 47.8 Å². The largest absolute Gasteiger partial charge is 0.618 e. The highest BCUT2D eigenvalue weighted by atomic mass is 16.5. The molecule has 2 nitrogen and oxygen atoms in total. The highest BCUT2D eigenvalue weighted by Crippen LogP contribution is 2.05. The van der Waals surface area contributed by atoms with Crippen LogP contribution in [0.15, 0.2) is 36.5 Å². The molecule has 0 N–H and O–H groups in total. The van der Waals surface area contributed by atoms with Crippen LogP contribution in [0.2, 0.25) is 0 Å². The van der Waals surface area contributed by atoms with Crippen molar-refractivity contribution in [1.82, 2.24) is 0 Å². The third-order valence-corrected chi connectivity index (χ3v) is 1.59. The molecule has 2 heteroatoms. The summed E-state index contributed by atoms with van der Waals surface area (Å²) in [5, 5.41) is 11.9. The molecule has 0 bridgehead atoms. The number of hydrogen-bond donors (Lipinski definition) is 0. The molecule has 1 radical (unpaired) electrons. The first kappa shape index (κ1) is 6.16. The number of hydrogen-bond acceptors (Lipinski definition) is 1. The molecule has 0 saturated carbocycles. The SMILES string of the molecule is [O-][n+]1cc[c]c2ccccc21. The van der Waals surface area contributed by atoms with Gasteiger partial charge in [0.05, 0.1) is 5.39 Å². The molecule has 0 aliphatic carbocycles. The van der Waals surface area contributed by atoms with Crippen molar-refractivity contribution in [2.24, 2.45) is 0 Å². The van der Waals surface area contributed by atoms with Gasteiger partial charge in [-0.3, -0.25) is 0 Å². The molecule has 11 heavy (non-hydrogen) atoms. The van der Waals surface area contributed by atoms with Crippen LogP contribution in [-0.4, -0.2) is 0 Å². The molecule has 0 saturated heterocycles. The second kappa shape index (κ2) is 2.23. The zero-order chi connectivity index (χ0) is 7.68. The van der Waals surface area contributed by atoms with E-state index < -0.39 is 0 Å². The van der Waals surface area contributed by atoms with E-state index in [4.69, 9.17) is 0 Å². The van der Waals surface area contributed by atoms with E-state index in [2.05, 4.69) is 6.07 Å². The third-order valence-electron chi connectivity index (χ3n) is 1.59. The van der Waals surface area contributed by atoms with Crippen LogP contribution in [0.1, 0.15) is 0 Å². The minimum atomic E-state index is 0.662. The van der Waals surface area contributed by atoms with Crippen molar-refractivity contribution in [1.29, 1.82) is 0 Å². The van der Waals surface area contributed by atoms with Gasteiger partial charge in [0.1, 0.15) is 0 Å². The monoisotopic (exact) mass is 144 g/mol. The van der Waals surface area contributed by atoms with E-state index in [1.54, 1.807) is 12.1 Å². The Kier molecular flexibility index (Phi) is 1.25. The van der Waals surface area contributed by atoms with E-state index in [0.29, 0.717) is 5.52 Å². The van der Waals surface area contributed by atoms with E-state index in [1.807, 2.05) is 18.2 Å². The van der Waals surface area contributed by atoms with Crippen molar-refractivity contribution in [2.45, 2.75) is 0 Å². The summed E-state index contributed by atoms with van der Waals surface area (Å²) in [6, 6.07) is 12.0. The van der Waals surface area contributed by atoms with Gasteiger partial charge in [-0.05, 0) is 6.07 Å². The summed E-state index contributed by atoms with van der Waals surface area (Å²) in [7, 11) is 0. The van der Waals surface area contributed by atoms with E-state index >= 15 is 0 Å². The average Bonchev–Trinajstić information content (AvgIpc) is 2.06. The van der Waals surface area contributed by atoms with Crippen molar-refractivity contribution in [2.75, 3.05) is 0 Å². The summed E-state index contributed by atoms with van der Waals surface area (Å²) in [6.07, 6.45) is 1.45. The fraction of sp³-hybridized carbons (Fsp3) is 0. The van der Waals surface area contributed by atoms with Crippen molar-refractivity contribution in [3.8, 4) is 0 Å². The number of rotatable bonds is 0. The van der Waals surface area contributed by atoms with Crippen LogP contribution in [0.3, 0.4) is 0 Å². The third kappa shape index (κ3) is 0.923. The molecule has 1 aromatic carbocycles. The number of benzene rings is 1. The van der Waals surface area contributed by atoms with Crippen LogP contribution in [0, 0.1) is 11.3 Å². The molecule has 53 valence electrons. The Bertz CT molecular complexity index is 379. The summed E-state index contributed by atoms with van der Waals surface area (Å²) in [5.74, 6) is 0. The van der Waals surface area contributed by atoms with Gasteiger partial charge in [0.25, 0.3) is 0 Å². The van der Waals surface area contributed by atoms with Crippen LogP contribution in [0.4, 0.5) is 0 Å². The van der Waals surface area contributed by atoms with Gasteiger partial charge in [-0.1, -0.05) is 12.1 Å². The van der Waals surface area contributed by atoms with E-state index in [1.165, 1.54) is 6.20 Å². The maximum atomic E-state index is 11.1. The molecule has 2 aromatic rings. The van der Waals surface area contributed by atoms with Gasteiger partial charge in [0.2, 0.25) is 5.52 Å². The predicted octanol–water partition coefficient (Wildman–Crippen LogP) is 1.27. The summed E-state index contributed by atoms with van der Waals surface area (Å²) in [6.45, 7) is 0. The quantitative estimate of drug-likeness (QED) is 0.404. The first-order chi connectivity index (χ1) is 5.38. The second-order valence-electron chi connectivity index (χ2n) is 2.30. The van der Waals surface area contributed by atoms with Gasteiger partial charge < -0.3 is 5.21 Å². The van der Waals surface area contributed by atoms with Gasteiger partial charge in [-0.25, -0.2) is 0 Å². The molecule has 0 aliphatic rings. The van der Waals surface area contributed by atoms with E-state index in [9.17, 15) is 5.21 Å². The lowest BCUT2D eigenvalue weighted by Gasteiger charge is -1.98. The number of fused-ring (bicyclic) bond motifs is 1. The van der Waals surface area contributed by atoms with Crippen LogP contribution in [0.25, 0.3) is 10.9 Å². The minimum Gasteiger partial charge on any atom is -0.618 e. The Morgan fingerprint density at radius 2 is 2.09 bits per heavy atom. The van der Waals surface area contributed by atoms with Crippen LogP contribution in [0.5, 0.6) is 0 Å². The Hall–Kier alpha value is -1.57. The minimum absolute atomic E-state index is 0.662. The normalized spacial score (nSPS) is 10.2. The van der Waals surface area contributed by atoms with Crippen LogP contribution >= 0.6 is 0 Å². The lowest BCUT2D eigenvalue weighted by molar-refractivity contribution is -0.577. The van der Waals surface area contributed by atoms with E-state index in [-0.39, 0.29) is 0 Å². The number of nitrogens with zero attached hydrogens (tertiary/aromatic N) is 1. The molecule has 2 rings (SSSR count). The van der Waals surface area contributed by atoms with Crippen molar-refractivity contribution in [3.63, 3.8) is 0 Å². The van der Waals surface area contributed by atoms with Crippen LogP contribution in [-0.2, 0) is 0 Å². The Balaban J connectivity index is 2.91. The zero-order valence-electron chi connectivity index (χ0n) is 5.82. The predicted molar refractivity (Wildman–Crippen MR) is 41.7 cm³/mol. The van der Waals surface area contributed by atoms with Gasteiger partial charge in [-0.2, -0.15) is 4.73 Å².